The first kappa shape index (κ1) is 6.13. The van der Waals surface area contributed by atoms with Gasteiger partial charge < -0.3 is 4.79 Å². The van der Waals surface area contributed by atoms with Crippen molar-refractivity contribution in [3.63, 3.8) is 0 Å². The third-order valence-corrected chi connectivity index (χ3v) is 1.56. The maximum Gasteiger partial charge on any atom is 0.137 e. The van der Waals surface area contributed by atoms with Crippen LogP contribution in [0.25, 0.3) is 0 Å². The van der Waals surface area contributed by atoms with Crippen molar-refractivity contribution in [3.8, 4) is 0 Å². The molecule has 3 heteroatoms. The highest BCUT2D eigenvalue weighted by atomic mass is 16.1. The van der Waals surface area contributed by atoms with E-state index in [1.54, 1.807) is 20.1 Å². The topological polar surface area (TPSA) is 41.8 Å². The van der Waals surface area contributed by atoms with Crippen molar-refractivity contribution in [2.24, 2.45) is 15.6 Å². The van der Waals surface area contributed by atoms with Gasteiger partial charge in [0.1, 0.15) is 6.29 Å². The molecule has 1 heterocycles. The average Bonchev–Trinajstić information content (AvgIpc) is 2.15. The summed E-state index contributed by atoms with van der Waals surface area (Å²) in [6.07, 6.45) is 2.40. The second kappa shape index (κ2) is 1.76. The lowest BCUT2D eigenvalue weighted by Crippen LogP contribution is -2.25. The van der Waals surface area contributed by atoms with Crippen molar-refractivity contribution in [1.29, 1.82) is 0 Å². The van der Waals surface area contributed by atoms with E-state index in [2.05, 4.69) is 10.2 Å². The second-order valence-electron chi connectivity index (χ2n) is 2.33. The summed E-state index contributed by atoms with van der Waals surface area (Å²) in [4.78, 5) is 10.4. The molecule has 1 aliphatic rings. The van der Waals surface area contributed by atoms with Crippen molar-refractivity contribution >= 4 is 18.2 Å². The van der Waals surface area contributed by atoms with Crippen LogP contribution in [0.15, 0.2) is 10.2 Å². The minimum Gasteiger partial charge on any atom is -0.302 e. The molecule has 0 bridgehead atoms. The first-order valence-electron chi connectivity index (χ1n) is 2.74. The Morgan fingerprint density at radius 3 is 2.67 bits per heavy atom. The molecule has 0 saturated heterocycles. The molecule has 3 nitrogen and oxygen atoms in total. The van der Waals surface area contributed by atoms with E-state index in [1.165, 1.54) is 0 Å². The fraction of sp³-hybridized carbons (Fsp3) is 0.500. The highest BCUT2D eigenvalue weighted by Crippen LogP contribution is 2.16. The van der Waals surface area contributed by atoms with Gasteiger partial charge in [0.2, 0.25) is 0 Å². The standard InChI is InChI=1S/C6H8N2O/c1-5-6(2,4-9)3-7-8-5/h3-4H,1-2H3. The molecular formula is C6H8N2O. The maximum atomic E-state index is 10.4. The Morgan fingerprint density at radius 1 is 1.78 bits per heavy atom. The predicted octanol–water partition coefficient (Wildman–Crippen LogP) is 0.652. The van der Waals surface area contributed by atoms with Gasteiger partial charge in [-0.1, -0.05) is 0 Å². The van der Waals surface area contributed by atoms with Gasteiger partial charge in [-0.2, -0.15) is 10.2 Å². The van der Waals surface area contributed by atoms with Crippen molar-refractivity contribution in [1.82, 2.24) is 0 Å². The Labute approximate surface area is 53.5 Å². The Kier molecular flexibility index (Phi) is 1.20. The summed E-state index contributed by atoms with van der Waals surface area (Å²) in [5, 5.41) is 7.34. The van der Waals surface area contributed by atoms with Gasteiger partial charge in [-0.05, 0) is 13.8 Å². The van der Waals surface area contributed by atoms with E-state index in [1.807, 2.05) is 0 Å². The van der Waals surface area contributed by atoms with Crippen LogP contribution in [0.2, 0.25) is 0 Å². The lowest BCUT2D eigenvalue weighted by molar-refractivity contribution is -0.110. The van der Waals surface area contributed by atoms with Gasteiger partial charge in [-0.25, -0.2) is 0 Å². The Balaban J connectivity index is 2.95. The van der Waals surface area contributed by atoms with Crippen LogP contribution in [0.1, 0.15) is 13.8 Å². The number of hydrogen-bond acceptors (Lipinski definition) is 3. The molecule has 1 aliphatic heterocycles. The Bertz CT molecular complexity index is 195. The number of hydrogen-bond donors (Lipinski definition) is 0. The zero-order valence-electron chi connectivity index (χ0n) is 5.46. The zero-order valence-corrected chi connectivity index (χ0v) is 5.46. The molecule has 0 spiro atoms. The van der Waals surface area contributed by atoms with E-state index in [0.717, 1.165) is 12.0 Å². The fourth-order valence-electron chi connectivity index (χ4n) is 0.552. The molecule has 0 fully saturated rings. The van der Waals surface area contributed by atoms with Gasteiger partial charge in [0.05, 0.1) is 11.1 Å². The molecule has 0 aromatic heterocycles. The summed E-state index contributed by atoms with van der Waals surface area (Å²) in [6, 6.07) is 0. The summed E-state index contributed by atoms with van der Waals surface area (Å²) in [6.45, 7) is 3.58. The van der Waals surface area contributed by atoms with E-state index in [0.29, 0.717) is 0 Å². The third-order valence-electron chi connectivity index (χ3n) is 1.56. The molecule has 1 atom stereocenters. The van der Waals surface area contributed by atoms with Gasteiger partial charge in [-0.3, -0.25) is 0 Å². The molecule has 0 aromatic rings. The molecule has 9 heavy (non-hydrogen) atoms. The summed E-state index contributed by atoms with van der Waals surface area (Å²) < 4.78 is 0. The largest absolute Gasteiger partial charge is 0.302 e. The lowest BCUT2D eigenvalue weighted by atomic mass is 9.90. The summed E-state index contributed by atoms with van der Waals surface area (Å²) in [7, 11) is 0. The van der Waals surface area contributed by atoms with Crippen LogP contribution >= 0.6 is 0 Å². The van der Waals surface area contributed by atoms with Gasteiger partial charge in [0.25, 0.3) is 0 Å². The first-order valence-corrected chi connectivity index (χ1v) is 2.74. The smallest absolute Gasteiger partial charge is 0.137 e. The van der Waals surface area contributed by atoms with Crippen molar-refractivity contribution in [2.75, 3.05) is 0 Å². The molecule has 0 radical (unpaired) electrons. The maximum absolute atomic E-state index is 10.4. The molecule has 0 amide bonds. The quantitative estimate of drug-likeness (QED) is 0.473. The van der Waals surface area contributed by atoms with Gasteiger partial charge in [0, 0.05) is 6.21 Å². The molecular weight excluding hydrogens is 116 g/mol. The van der Waals surface area contributed by atoms with Gasteiger partial charge in [-0.15, -0.1) is 0 Å². The minimum atomic E-state index is -0.528. The highest BCUT2D eigenvalue weighted by molar-refractivity contribution is 6.15. The monoisotopic (exact) mass is 124 g/mol. The van der Waals surface area contributed by atoms with Crippen LogP contribution in [0, 0.1) is 5.41 Å². The molecule has 0 aromatic carbocycles. The zero-order chi connectivity index (χ0) is 6.91. The Hall–Kier alpha value is -0.990. The van der Waals surface area contributed by atoms with Crippen molar-refractivity contribution < 1.29 is 4.79 Å². The lowest BCUT2D eigenvalue weighted by Gasteiger charge is -2.09. The van der Waals surface area contributed by atoms with Crippen molar-refractivity contribution in [2.45, 2.75) is 13.8 Å². The van der Waals surface area contributed by atoms with E-state index in [9.17, 15) is 4.79 Å². The summed E-state index contributed by atoms with van der Waals surface area (Å²) >= 11 is 0. The third kappa shape index (κ3) is 0.781. The normalized spacial score (nSPS) is 32.4. The SMILES string of the molecule is CC1=NN=CC1(C)C=O. The van der Waals surface area contributed by atoms with Crippen LogP contribution in [0.4, 0.5) is 0 Å². The molecule has 0 N–H and O–H groups in total. The van der Waals surface area contributed by atoms with Crippen LogP contribution in [0.3, 0.4) is 0 Å². The Morgan fingerprint density at radius 2 is 2.44 bits per heavy atom. The van der Waals surface area contributed by atoms with Crippen LogP contribution in [-0.2, 0) is 4.79 Å². The summed E-state index contributed by atoms with van der Waals surface area (Å²) in [5.41, 5.74) is 0.234. The number of carbonyl (C=O) groups is 1. The molecule has 1 rings (SSSR count). The molecule has 48 valence electrons. The summed E-state index contributed by atoms with van der Waals surface area (Å²) in [5.74, 6) is 0. The van der Waals surface area contributed by atoms with Crippen molar-refractivity contribution in [3.05, 3.63) is 0 Å². The van der Waals surface area contributed by atoms with E-state index >= 15 is 0 Å². The molecule has 0 saturated carbocycles. The number of aldehydes is 1. The number of rotatable bonds is 1. The minimum absolute atomic E-state index is 0.528. The van der Waals surface area contributed by atoms with Crippen LogP contribution < -0.4 is 0 Å². The predicted molar refractivity (Wildman–Crippen MR) is 35.8 cm³/mol. The van der Waals surface area contributed by atoms with E-state index in [4.69, 9.17) is 0 Å². The van der Waals surface area contributed by atoms with Gasteiger partial charge in [0.15, 0.2) is 0 Å². The van der Waals surface area contributed by atoms with Gasteiger partial charge >= 0.3 is 0 Å². The molecule has 0 aliphatic carbocycles. The second-order valence-corrected chi connectivity index (χ2v) is 2.33. The fourth-order valence-corrected chi connectivity index (χ4v) is 0.552. The number of nitrogens with zero attached hydrogens (tertiary/aromatic N) is 2. The number of carbonyl (C=O) groups excluding carboxylic acids is 1. The van der Waals surface area contributed by atoms with E-state index < -0.39 is 5.41 Å². The van der Waals surface area contributed by atoms with Crippen LogP contribution in [-0.4, -0.2) is 18.2 Å². The highest BCUT2D eigenvalue weighted by Gasteiger charge is 2.28. The molecule has 1 unspecified atom stereocenters. The first-order chi connectivity index (χ1) is 4.19. The van der Waals surface area contributed by atoms with E-state index in [-0.39, 0.29) is 0 Å². The average molecular weight is 124 g/mol. The van der Waals surface area contributed by atoms with Crippen LogP contribution in [0.5, 0.6) is 0 Å².